The van der Waals surface area contributed by atoms with Gasteiger partial charge in [-0.3, -0.25) is 10.7 Å². The molecule has 0 radical (unpaired) electrons. The summed E-state index contributed by atoms with van der Waals surface area (Å²) >= 11 is 3.08. The maximum absolute atomic E-state index is 13.4. The van der Waals surface area contributed by atoms with Crippen molar-refractivity contribution in [2.45, 2.75) is 13.3 Å². The van der Waals surface area contributed by atoms with Crippen molar-refractivity contribution < 1.29 is 22.6 Å². The van der Waals surface area contributed by atoms with Gasteiger partial charge in [0.05, 0.1) is 10.2 Å². The van der Waals surface area contributed by atoms with Crippen LogP contribution in [0.2, 0.25) is 0 Å². The number of anilines is 1. The molecule has 0 saturated carbocycles. The van der Waals surface area contributed by atoms with Crippen molar-refractivity contribution in [1.82, 2.24) is 24.8 Å². The predicted octanol–water partition coefficient (Wildman–Crippen LogP) is 1.62. The summed E-state index contributed by atoms with van der Waals surface area (Å²) in [5.41, 5.74) is 2.05. The van der Waals surface area contributed by atoms with Gasteiger partial charge in [0.2, 0.25) is 5.82 Å². The summed E-state index contributed by atoms with van der Waals surface area (Å²) in [6.07, 6.45) is 0.643. The number of rotatable bonds is 7. The standard InChI is InChI=1S/C16H21BrFN7O4S/c1-16(5-6-25(9-16)30(27,28)19-2)8-20-14-13(23-29-24-14)15(22-26)21-10-3-4-12(18)11(17)7-10/h3-4,7,19,26H,5-6,8-9H2,1-2H3,(H,20,24)(H,21,22)/t16-/m0/s1. The van der Waals surface area contributed by atoms with Crippen molar-refractivity contribution >= 4 is 43.5 Å². The van der Waals surface area contributed by atoms with Crippen molar-refractivity contribution in [3.63, 3.8) is 0 Å². The summed E-state index contributed by atoms with van der Waals surface area (Å²) < 4.78 is 46.1. The van der Waals surface area contributed by atoms with E-state index in [1.807, 2.05) is 12.4 Å². The van der Waals surface area contributed by atoms with Gasteiger partial charge in [-0.1, -0.05) is 6.92 Å². The zero-order valence-electron chi connectivity index (χ0n) is 16.2. The molecule has 1 aromatic heterocycles. The van der Waals surface area contributed by atoms with E-state index in [1.54, 1.807) is 0 Å². The van der Waals surface area contributed by atoms with Crippen molar-refractivity contribution in [3.8, 4) is 0 Å². The first-order chi connectivity index (χ1) is 14.2. The highest BCUT2D eigenvalue weighted by Crippen LogP contribution is 2.31. The van der Waals surface area contributed by atoms with Crippen LogP contribution in [0, 0.1) is 11.2 Å². The van der Waals surface area contributed by atoms with Crippen LogP contribution in [0.4, 0.5) is 15.9 Å². The predicted molar refractivity (Wildman–Crippen MR) is 110 cm³/mol. The number of aliphatic imine (C=N–C) groups is 1. The number of nitrogens with one attached hydrogen (secondary N) is 3. The molecule has 1 aliphatic rings. The molecule has 0 amide bonds. The van der Waals surface area contributed by atoms with E-state index in [9.17, 15) is 18.0 Å². The number of nitrogens with zero attached hydrogens (tertiary/aromatic N) is 4. The zero-order valence-corrected chi connectivity index (χ0v) is 18.6. The fourth-order valence-electron chi connectivity index (χ4n) is 3.03. The van der Waals surface area contributed by atoms with Gasteiger partial charge in [-0.15, -0.1) is 0 Å². The van der Waals surface area contributed by atoms with Crippen LogP contribution in [0.5, 0.6) is 0 Å². The molecule has 0 unspecified atom stereocenters. The van der Waals surface area contributed by atoms with E-state index < -0.39 is 16.0 Å². The van der Waals surface area contributed by atoms with Crippen LogP contribution >= 0.6 is 15.9 Å². The molecule has 1 saturated heterocycles. The second kappa shape index (κ2) is 8.93. The molecule has 1 aliphatic heterocycles. The lowest BCUT2D eigenvalue weighted by atomic mass is 9.90. The average Bonchev–Trinajstić information content (AvgIpc) is 3.35. The zero-order chi connectivity index (χ0) is 21.9. The van der Waals surface area contributed by atoms with Gasteiger partial charge in [0, 0.05) is 26.7 Å². The van der Waals surface area contributed by atoms with E-state index in [0.29, 0.717) is 31.7 Å². The highest BCUT2D eigenvalue weighted by Gasteiger charge is 2.39. The lowest BCUT2D eigenvalue weighted by Gasteiger charge is -2.24. The number of amidine groups is 1. The number of hydroxylamine groups is 1. The molecule has 30 heavy (non-hydrogen) atoms. The summed E-state index contributed by atoms with van der Waals surface area (Å²) in [7, 11) is -2.12. The Morgan fingerprint density at radius 1 is 1.47 bits per heavy atom. The van der Waals surface area contributed by atoms with Gasteiger partial charge in [-0.05, 0) is 56.3 Å². The Morgan fingerprint density at radius 3 is 2.90 bits per heavy atom. The first kappa shape index (κ1) is 22.6. The summed E-state index contributed by atoms with van der Waals surface area (Å²) in [6.45, 7) is 3.06. The first-order valence-corrected chi connectivity index (χ1v) is 11.1. The topological polar surface area (TPSA) is 145 Å². The van der Waals surface area contributed by atoms with Gasteiger partial charge in [0.25, 0.3) is 10.2 Å². The summed E-state index contributed by atoms with van der Waals surface area (Å²) in [5.74, 6) is -0.294. The van der Waals surface area contributed by atoms with E-state index >= 15 is 0 Å². The average molecular weight is 506 g/mol. The van der Waals surface area contributed by atoms with Crippen molar-refractivity contribution in [3.05, 3.63) is 34.2 Å². The smallest absolute Gasteiger partial charge is 0.279 e. The Kier molecular flexibility index (Phi) is 6.71. The Morgan fingerprint density at radius 2 is 2.23 bits per heavy atom. The fourth-order valence-corrected chi connectivity index (χ4v) is 4.47. The molecular formula is C16H21BrFN7O4S. The molecule has 1 fully saturated rings. The largest absolute Gasteiger partial charge is 0.365 e. The second-order valence-electron chi connectivity index (χ2n) is 7.09. The van der Waals surface area contributed by atoms with Crippen LogP contribution in [-0.4, -0.2) is 60.8 Å². The molecule has 0 bridgehead atoms. The fraction of sp³-hybridized carbons (Fsp3) is 0.438. The Hall–Kier alpha value is -2.13. The van der Waals surface area contributed by atoms with Gasteiger partial charge in [0.1, 0.15) is 5.82 Å². The number of benzene rings is 1. The molecule has 4 N–H and O–H groups in total. The number of halogens is 2. The minimum absolute atomic E-state index is 0.0618. The van der Waals surface area contributed by atoms with Crippen molar-refractivity contribution in [2.75, 3.05) is 32.0 Å². The monoisotopic (exact) mass is 505 g/mol. The molecule has 2 heterocycles. The third kappa shape index (κ3) is 4.95. The molecule has 14 heteroatoms. The van der Waals surface area contributed by atoms with E-state index in [0.717, 1.165) is 0 Å². The van der Waals surface area contributed by atoms with Gasteiger partial charge in [-0.25, -0.2) is 18.7 Å². The lowest BCUT2D eigenvalue weighted by Crippen LogP contribution is -2.39. The van der Waals surface area contributed by atoms with Crippen LogP contribution in [0.3, 0.4) is 0 Å². The molecule has 2 aromatic rings. The molecule has 1 aromatic carbocycles. The van der Waals surface area contributed by atoms with Gasteiger partial charge in [-0.2, -0.15) is 12.7 Å². The summed E-state index contributed by atoms with van der Waals surface area (Å²) in [4.78, 5) is 4.20. The van der Waals surface area contributed by atoms with E-state index in [1.165, 1.54) is 29.6 Å². The van der Waals surface area contributed by atoms with Crippen LogP contribution in [0.1, 0.15) is 19.0 Å². The third-order valence-corrected chi connectivity index (χ3v) is 6.88. The van der Waals surface area contributed by atoms with Crippen molar-refractivity contribution in [1.29, 1.82) is 0 Å². The minimum Gasteiger partial charge on any atom is -0.365 e. The first-order valence-electron chi connectivity index (χ1n) is 8.87. The van der Waals surface area contributed by atoms with Crippen LogP contribution < -0.4 is 15.5 Å². The quantitative estimate of drug-likeness (QED) is 0.252. The van der Waals surface area contributed by atoms with Crippen LogP contribution in [-0.2, 0) is 10.2 Å². The minimum atomic E-state index is -3.49. The van der Waals surface area contributed by atoms with E-state index in [2.05, 4.69) is 41.3 Å². The van der Waals surface area contributed by atoms with Crippen LogP contribution in [0.25, 0.3) is 0 Å². The van der Waals surface area contributed by atoms with E-state index in [-0.39, 0.29) is 27.2 Å². The Labute approximate surface area is 181 Å². The number of hydrogen-bond acceptors (Lipinski definition) is 8. The molecule has 164 valence electrons. The SMILES string of the molecule is CNS(=O)(=O)N1CC[C@@](C)(CNc2nonc2C(=Nc2ccc(F)c(Br)c2)NO)C1. The van der Waals surface area contributed by atoms with Gasteiger partial charge < -0.3 is 5.32 Å². The maximum Gasteiger partial charge on any atom is 0.279 e. The molecule has 3 rings (SSSR count). The summed E-state index contributed by atoms with van der Waals surface area (Å²) in [6, 6.07) is 4.09. The summed E-state index contributed by atoms with van der Waals surface area (Å²) in [5, 5.41) is 20.1. The normalized spacial score (nSPS) is 20.5. The van der Waals surface area contributed by atoms with Crippen LogP contribution in [0.15, 0.2) is 32.3 Å². The van der Waals surface area contributed by atoms with Gasteiger partial charge in [0.15, 0.2) is 11.5 Å². The Bertz CT molecular complexity index is 1050. The lowest BCUT2D eigenvalue weighted by molar-refractivity contribution is 0.234. The van der Waals surface area contributed by atoms with Crippen molar-refractivity contribution in [2.24, 2.45) is 10.4 Å². The molecule has 0 aliphatic carbocycles. The molecule has 1 atom stereocenters. The third-order valence-electron chi connectivity index (χ3n) is 4.77. The molecule has 11 nitrogen and oxygen atoms in total. The Balaban J connectivity index is 1.75. The molecular weight excluding hydrogens is 485 g/mol. The highest BCUT2D eigenvalue weighted by molar-refractivity contribution is 9.10. The molecule has 0 spiro atoms. The number of aromatic nitrogens is 2. The highest BCUT2D eigenvalue weighted by atomic mass is 79.9. The second-order valence-corrected chi connectivity index (χ2v) is 9.82. The maximum atomic E-state index is 13.4. The van der Waals surface area contributed by atoms with E-state index in [4.69, 9.17) is 4.63 Å². The van der Waals surface area contributed by atoms with Gasteiger partial charge >= 0.3 is 0 Å². The number of hydrogen-bond donors (Lipinski definition) is 4.